The number of carbonyl (C=O) groups excluding carboxylic acids is 1. The van der Waals surface area contributed by atoms with Crippen LogP contribution in [0.2, 0.25) is 0 Å². The van der Waals surface area contributed by atoms with E-state index in [1.54, 1.807) is 0 Å². The monoisotopic (exact) mass is 254 g/mol. The minimum atomic E-state index is -0.374. The molecular formula is C9H7BrN2O2. The van der Waals surface area contributed by atoms with Gasteiger partial charge < -0.3 is 4.74 Å². The predicted octanol–water partition coefficient (Wildman–Crippen LogP) is 2.25. The van der Waals surface area contributed by atoms with Gasteiger partial charge >= 0.3 is 5.97 Å². The van der Waals surface area contributed by atoms with Crippen LogP contribution < -0.4 is 4.74 Å². The maximum absolute atomic E-state index is 10.7. The number of benzene rings is 1. The van der Waals surface area contributed by atoms with Crippen LogP contribution in [0.3, 0.4) is 0 Å². The van der Waals surface area contributed by atoms with Gasteiger partial charge in [0.15, 0.2) is 0 Å². The summed E-state index contributed by atoms with van der Waals surface area (Å²) in [6, 6.07) is 5.57. The van der Waals surface area contributed by atoms with Crippen molar-refractivity contribution < 1.29 is 9.53 Å². The van der Waals surface area contributed by atoms with E-state index in [4.69, 9.17) is 4.74 Å². The summed E-state index contributed by atoms with van der Waals surface area (Å²) < 4.78 is 5.86. The van der Waals surface area contributed by atoms with Gasteiger partial charge in [-0.2, -0.15) is 0 Å². The number of fused-ring (bicyclic) bond motifs is 1. The van der Waals surface area contributed by atoms with Crippen LogP contribution in [0.5, 0.6) is 5.88 Å². The molecule has 2 aromatic rings. The number of nitrogens with one attached hydrogen (secondary N) is 1. The van der Waals surface area contributed by atoms with Crippen LogP contribution in [0.25, 0.3) is 10.9 Å². The van der Waals surface area contributed by atoms with Crippen molar-refractivity contribution >= 4 is 32.8 Å². The lowest BCUT2D eigenvalue weighted by Gasteiger charge is -1.95. The van der Waals surface area contributed by atoms with Gasteiger partial charge in [-0.1, -0.05) is 15.9 Å². The lowest BCUT2D eigenvalue weighted by molar-refractivity contribution is -0.132. The number of nitrogens with zero attached hydrogens (tertiary/aromatic N) is 1. The number of hydrogen-bond donors (Lipinski definition) is 1. The third kappa shape index (κ3) is 1.63. The molecule has 0 spiro atoms. The maximum Gasteiger partial charge on any atom is 0.309 e. The lowest BCUT2D eigenvalue weighted by atomic mass is 10.2. The molecule has 14 heavy (non-hydrogen) atoms. The van der Waals surface area contributed by atoms with Crippen LogP contribution in [0.15, 0.2) is 22.7 Å². The molecule has 0 unspecified atom stereocenters. The van der Waals surface area contributed by atoms with E-state index in [1.807, 2.05) is 18.2 Å². The highest BCUT2D eigenvalue weighted by Crippen LogP contribution is 2.25. The van der Waals surface area contributed by atoms with Gasteiger partial charge in [-0.05, 0) is 18.2 Å². The predicted molar refractivity (Wildman–Crippen MR) is 55.1 cm³/mol. The largest absolute Gasteiger partial charge is 0.405 e. The first-order valence-corrected chi connectivity index (χ1v) is 4.78. The Bertz CT molecular complexity index is 493. The minimum absolute atomic E-state index is 0.319. The Labute approximate surface area is 88.4 Å². The Kier molecular flexibility index (Phi) is 2.25. The van der Waals surface area contributed by atoms with E-state index in [1.165, 1.54) is 6.92 Å². The van der Waals surface area contributed by atoms with Crippen molar-refractivity contribution in [3.05, 3.63) is 22.7 Å². The van der Waals surface area contributed by atoms with Crippen molar-refractivity contribution in [2.45, 2.75) is 6.92 Å². The topological polar surface area (TPSA) is 55.0 Å². The Hall–Kier alpha value is -1.36. The summed E-state index contributed by atoms with van der Waals surface area (Å²) in [5, 5.41) is 7.46. The van der Waals surface area contributed by atoms with E-state index in [0.717, 1.165) is 15.4 Å². The van der Waals surface area contributed by atoms with Crippen LogP contribution >= 0.6 is 15.9 Å². The number of aromatic amines is 1. The Morgan fingerprint density at radius 2 is 2.36 bits per heavy atom. The Morgan fingerprint density at radius 1 is 1.57 bits per heavy atom. The molecule has 0 aliphatic carbocycles. The first-order valence-electron chi connectivity index (χ1n) is 3.99. The van der Waals surface area contributed by atoms with Crippen LogP contribution in [0.4, 0.5) is 0 Å². The van der Waals surface area contributed by atoms with Gasteiger partial charge in [-0.3, -0.25) is 9.89 Å². The van der Waals surface area contributed by atoms with E-state index >= 15 is 0 Å². The zero-order valence-electron chi connectivity index (χ0n) is 7.37. The molecule has 1 aromatic heterocycles. The minimum Gasteiger partial charge on any atom is -0.405 e. The molecule has 0 bridgehead atoms. The zero-order chi connectivity index (χ0) is 10.1. The Balaban J connectivity index is 2.52. The average molecular weight is 255 g/mol. The molecule has 0 atom stereocenters. The van der Waals surface area contributed by atoms with Gasteiger partial charge in [-0.25, -0.2) is 0 Å². The van der Waals surface area contributed by atoms with E-state index in [2.05, 4.69) is 26.1 Å². The second kappa shape index (κ2) is 3.42. The summed E-state index contributed by atoms with van der Waals surface area (Å²) in [5.41, 5.74) is 0.829. The van der Waals surface area contributed by atoms with Crippen LogP contribution in [0, 0.1) is 0 Å². The third-order valence-corrected chi connectivity index (χ3v) is 2.22. The quantitative estimate of drug-likeness (QED) is 0.795. The second-order valence-electron chi connectivity index (χ2n) is 2.81. The normalized spacial score (nSPS) is 10.4. The van der Waals surface area contributed by atoms with Crippen LogP contribution in [-0.2, 0) is 4.79 Å². The lowest BCUT2D eigenvalue weighted by Crippen LogP contribution is -2.01. The fourth-order valence-electron chi connectivity index (χ4n) is 1.18. The van der Waals surface area contributed by atoms with E-state index in [9.17, 15) is 4.79 Å². The van der Waals surface area contributed by atoms with Gasteiger partial charge in [0.1, 0.15) is 0 Å². The average Bonchev–Trinajstić information content (AvgIpc) is 2.47. The summed E-state index contributed by atoms with van der Waals surface area (Å²) in [6.45, 7) is 1.35. The standard InChI is InChI=1S/C9H7BrN2O2/c1-5(13)14-9-7-3-2-6(10)4-8(7)11-12-9/h2-4H,1H3,(H,11,12). The van der Waals surface area contributed by atoms with Gasteiger partial charge in [0.2, 0.25) is 5.88 Å². The van der Waals surface area contributed by atoms with Crippen molar-refractivity contribution in [1.29, 1.82) is 0 Å². The molecule has 0 aliphatic heterocycles. The molecule has 0 radical (unpaired) electrons. The number of esters is 1. The summed E-state index contributed by atoms with van der Waals surface area (Å²) in [7, 11) is 0. The highest BCUT2D eigenvalue weighted by Gasteiger charge is 2.08. The summed E-state index contributed by atoms with van der Waals surface area (Å²) in [4.78, 5) is 10.7. The molecule has 0 saturated carbocycles. The summed E-state index contributed by atoms with van der Waals surface area (Å²) in [6.07, 6.45) is 0. The molecule has 72 valence electrons. The number of halogens is 1. The molecule has 1 heterocycles. The fourth-order valence-corrected chi connectivity index (χ4v) is 1.54. The maximum atomic E-state index is 10.7. The number of rotatable bonds is 1. The van der Waals surface area contributed by atoms with Crippen molar-refractivity contribution in [1.82, 2.24) is 10.2 Å². The molecule has 2 rings (SSSR count). The first kappa shape index (κ1) is 9.21. The van der Waals surface area contributed by atoms with E-state index in [-0.39, 0.29) is 5.97 Å². The van der Waals surface area contributed by atoms with Crippen molar-refractivity contribution in [2.24, 2.45) is 0 Å². The number of hydrogen-bond acceptors (Lipinski definition) is 3. The second-order valence-corrected chi connectivity index (χ2v) is 3.73. The molecule has 0 amide bonds. The smallest absolute Gasteiger partial charge is 0.309 e. The van der Waals surface area contributed by atoms with Gasteiger partial charge in [0.05, 0.1) is 10.9 Å². The first-order chi connectivity index (χ1) is 6.66. The number of carbonyl (C=O) groups is 1. The highest BCUT2D eigenvalue weighted by molar-refractivity contribution is 9.10. The van der Waals surface area contributed by atoms with Gasteiger partial charge in [0, 0.05) is 11.4 Å². The van der Waals surface area contributed by atoms with Crippen molar-refractivity contribution in [3.8, 4) is 5.88 Å². The van der Waals surface area contributed by atoms with Crippen molar-refractivity contribution in [2.75, 3.05) is 0 Å². The van der Waals surface area contributed by atoms with E-state index < -0.39 is 0 Å². The highest BCUT2D eigenvalue weighted by atomic mass is 79.9. The van der Waals surface area contributed by atoms with Crippen LogP contribution in [-0.4, -0.2) is 16.2 Å². The summed E-state index contributed by atoms with van der Waals surface area (Å²) >= 11 is 3.34. The Morgan fingerprint density at radius 3 is 3.07 bits per heavy atom. The SMILES string of the molecule is CC(=O)Oc1n[nH]c2cc(Br)ccc12. The molecule has 1 N–H and O–H groups in total. The van der Waals surface area contributed by atoms with Crippen LogP contribution in [0.1, 0.15) is 6.92 Å². The molecule has 4 nitrogen and oxygen atoms in total. The molecule has 1 aromatic carbocycles. The molecule has 0 fully saturated rings. The number of ether oxygens (including phenoxy) is 1. The van der Waals surface area contributed by atoms with Gasteiger partial charge in [0.25, 0.3) is 0 Å². The third-order valence-electron chi connectivity index (χ3n) is 1.73. The molecule has 0 aliphatic rings. The zero-order valence-corrected chi connectivity index (χ0v) is 8.96. The van der Waals surface area contributed by atoms with Gasteiger partial charge in [-0.15, -0.1) is 5.10 Å². The summed E-state index contributed by atoms with van der Waals surface area (Å²) in [5.74, 6) is -0.0543. The number of aromatic nitrogens is 2. The molecule has 5 heteroatoms. The van der Waals surface area contributed by atoms with Crippen molar-refractivity contribution in [3.63, 3.8) is 0 Å². The van der Waals surface area contributed by atoms with E-state index in [0.29, 0.717) is 5.88 Å². The molecular weight excluding hydrogens is 248 g/mol. The fraction of sp³-hybridized carbons (Fsp3) is 0.111. The molecule has 0 saturated heterocycles. The number of H-pyrrole nitrogens is 1.